The van der Waals surface area contributed by atoms with Crippen molar-refractivity contribution in [3.63, 3.8) is 0 Å². The summed E-state index contributed by atoms with van der Waals surface area (Å²) in [5.74, 6) is 0.0372. The Kier molecular flexibility index (Phi) is 4.43. The molecule has 1 aromatic carbocycles. The standard InChI is InChI=1S/C15H22N2O2/c16-11-15(8-4-1-5-9-15)10-14(19)17-12-6-2-3-7-13(12)18/h2-3,6-7,18H,1,4-5,8-11,16H2,(H,17,19). The fourth-order valence-electron chi connectivity index (χ4n) is 2.87. The van der Waals surface area contributed by atoms with Crippen molar-refractivity contribution in [1.82, 2.24) is 0 Å². The Hall–Kier alpha value is -1.55. The highest BCUT2D eigenvalue weighted by Crippen LogP contribution is 2.38. The molecule has 1 amide bonds. The minimum absolute atomic E-state index is 0.0489. The Labute approximate surface area is 114 Å². The molecule has 0 atom stereocenters. The van der Waals surface area contributed by atoms with Crippen LogP contribution in [-0.2, 0) is 4.79 Å². The van der Waals surface area contributed by atoms with Crippen LogP contribution in [0, 0.1) is 5.41 Å². The normalized spacial score (nSPS) is 17.9. The van der Waals surface area contributed by atoms with Crippen LogP contribution in [0.1, 0.15) is 38.5 Å². The molecule has 104 valence electrons. The van der Waals surface area contributed by atoms with Crippen molar-refractivity contribution in [2.75, 3.05) is 11.9 Å². The summed E-state index contributed by atoms with van der Waals surface area (Å²) in [6.45, 7) is 0.557. The molecule has 2 rings (SSSR count). The molecule has 19 heavy (non-hydrogen) atoms. The topological polar surface area (TPSA) is 75.4 Å². The molecule has 4 N–H and O–H groups in total. The van der Waals surface area contributed by atoms with E-state index in [2.05, 4.69) is 5.32 Å². The largest absolute Gasteiger partial charge is 0.506 e. The van der Waals surface area contributed by atoms with Gasteiger partial charge in [0.05, 0.1) is 5.69 Å². The molecule has 0 heterocycles. The molecule has 1 aliphatic carbocycles. The number of hydrogen-bond acceptors (Lipinski definition) is 3. The zero-order valence-electron chi connectivity index (χ0n) is 11.2. The first-order valence-corrected chi connectivity index (χ1v) is 6.93. The van der Waals surface area contributed by atoms with Crippen molar-refractivity contribution in [3.05, 3.63) is 24.3 Å². The van der Waals surface area contributed by atoms with E-state index < -0.39 is 0 Å². The molecule has 1 fully saturated rings. The van der Waals surface area contributed by atoms with Crippen LogP contribution < -0.4 is 11.1 Å². The molecule has 1 aromatic rings. The van der Waals surface area contributed by atoms with Crippen molar-refractivity contribution in [1.29, 1.82) is 0 Å². The highest BCUT2D eigenvalue weighted by molar-refractivity contribution is 5.92. The number of para-hydroxylation sites is 2. The Morgan fingerprint density at radius 2 is 1.95 bits per heavy atom. The number of nitrogens with one attached hydrogen (secondary N) is 1. The van der Waals surface area contributed by atoms with E-state index in [0.717, 1.165) is 25.7 Å². The number of carbonyl (C=O) groups excluding carboxylic acids is 1. The molecule has 0 radical (unpaired) electrons. The van der Waals surface area contributed by atoms with E-state index in [9.17, 15) is 9.90 Å². The fourth-order valence-corrected chi connectivity index (χ4v) is 2.87. The molecule has 0 unspecified atom stereocenters. The van der Waals surface area contributed by atoms with Crippen molar-refractivity contribution in [2.24, 2.45) is 11.1 Å². The van der Waals surface area contributed by atoms with Gasteiger partial charge < -0.3 is 16.2 Å². The van der Waals surface area contributed by atoms with Crippen LogP contribution in [-0.4, -0.2) is 17.6 Å². The number of phenolic OH excluding ortho intramolecular Hbond substituents is 1. The van der Waals surface area contributed by atoms with Gasteiger partial charge in [-0.05, 0) is 36.9 Å². The van der Waals surface area contributed by atoms with Crippen molar-refractivity contribution < 1.29 is 9.90 Å². The zero-order chi connectivity index (χ0) is 13.7. The Bertz CT molecular complexity index is 440. The van der Waals surface area contributed by atoms with Gasteiger partial charge in [-0.3, -0.25) is 4.79 Å². The van der Waals surface area contributed by atoms with E-state index in [0.29, 0.717) is 18.7 Å². The molecule has 1 saturated carbocycles. The summed E-state index contributed by atoms with van der Waals surface area (Å²) in [5.41, 5.74) is 6.30. The van der Waals surface area contributed by atoms with Crippen LogP contribution in [0.3, 0.4) is 0 Å². The van der Waals surface area contributed by atoms with Gasteiger partial charge in [-0.2, -0.15) is 0 Å². The second-order valence-electron chi connectivity index (χ2n) is 5.51. The second-order valence-corrected chi connectivity index (χ2v) is 5.51. The quantitative estimate of drug-likeness (QED) is 0.730. The Balaban J connectivity index is 1.98. The van der Waals surface area contributed by atoms with Crippen molar-refractivity contribution >= 4 is 11.6 Å². The number of carbonyl (C=O) groups is 1. The monoisotopic (exact) mass is 262 g/mol. The molecule has 4 nitrogen and oxygen atoms in total. The molecular weight excluding hydrogens is 240 g/mol. The first-order chi connectivity index (χ1) is 9.15. The second kappa shape index (κ2) is 6.06. The number of amides is 1. The first-order valence-electron chi connectivity index (χ1n) is 6.93. The number of rotatable bonds is 4. The summed E-state index contributed by atoms with van der Waals surface area (Å²) in [6, 6.07) is 6.78. The van der Waals surface area contributed by atoms with Gasteiger partial charge in [0, 0.05) is 6.42 Å². The molecule has 4 heteroatoms. The number of phenols is 1. The summed E-state index contributed by atoms with van der Waals surface area (Å²) in [5, 5.41) is 12.4. The van der Waals surface area contributed by atoms with Gasteiger partial charge in [-0.1, -0.05) is 31.4 Å². The van der Waals surface area contributed by atoms with Gasteiger partial charge in [0.1, 0.15) is 5.75 Å². The average Bonchev–Trinajstić information content (AvgIpc) is 2.42. The summed E-state index contributed by atoms with van der Waals surface area (Å²) in [7, 11) is 0. The van der Waals surface area contributed by atoms with Crippen molar-refractivity contribution in [2.45, 2.75) is 38.5 Å². The zero-order valence-corrected chi connectivity index (χ0v) is 11.2. The predicted octanol–water partition coefficient (Wildman–Crippen LogP) is 2.63. The maximum absolute atomic E-state index is 12.1. The predicted molar refractivity (Wildman–Crippen MR) is 75.9 cm³/mol. The lowest BCUT2D eigenvalue weighted by Gasteiger charge is -2.35. The highest BCUT2D eigenvalue weighted by atomic mass is 16.3. The number of benzene rings is 1. The van der Waals surface area contributed by atoms with E-state index in [1.807, 2.05) is 0 Å². The minimum Gasteiger partial charge on any atom is -0.506 e. The summed E-state index contributed by atoms with van der Waals surface area (Å²) in [6.07, 6.45) is 6.04. The maximum atomic E-state index is 12.1. The van der Waals surface area contributed by atoms with E-state index in [1.54, 1.807) is 24.3 Å². The molecule has 0 aliphatic heterocycles. The fraction of sp³-hybridized carbons (Fsp3) is 0.533. The maximum Gasteiger partial charge on any atom is 0.225 e. The number of hydrogen-bond donors (Lipinski definition) is 3. The summed E-state index contributed by atoms with van der Waals surface area (Å²) in [4.78, 5) is 12.1. The molecule has 0 aromatic heterocycles. The van der Waals surface area contributed by atoms with Crippen LogP contribution in [0.2, 0.25) is 0 Å². The van der Waals surface area contributed by atoms with Gasteiger partial charge in [-0.25, -0.2) is 0 Å². The van der Waals surface area contributed by atoms with Gasteiger partial charge in [0.15, 0.2) is 0 Å². The van der Waals surface area contributed by atoms with Crippen LogP contribution in [0.15, 0.2) is 24.3 Å². The lowest BCUT2D eigenvalue weighted by molar-refractivity contribution is -0.118. The Morgan fingerprint density at radius 1 is 1.26 bits per heavy atom. The van der Waals surface area contributed by atoms with E-state index in [-0.39, 0.29) is 17.1 Å². The number of aromatic hydroxyl groups is 1. The SMILES string of the molecule is NCC1(CC(=O)Nc2ccccc2O)CCCCC1. The van der Waals surface area contributed by atoms with E-state index in [4.69, 9.17) is 5.73 Å². The van der Waals surface area contributed by atoms with Crippen LogP contribution in [0.5, 0.6) is 5.75 Å². The average molecular weight is 262 g/mol. The first kappa shape index (κ1) is 13.9. The third-order valence-corrected chi connectivity index (χ3v) is 4.06. The van der Waals surface area contributed by atoms with Gasteiger partial charge in [0.25, 0.3) is 0 Å². The minimum atomic E-state index is -0.0613. The number of anilines is 1. The van der Waals surface area contributed by atoms with Gasteiger partial charge in [0.2, 0.25) is 5.91 Å². The lowest BCUT2D eigenvalue weighted by atomic mass is 9.71. The molecule has 0 bridgehead atoms. The Morgan fingerprint density at radius 3 is 2.58 bits per heavy atom. The van der Waals surface area contributed by atoms with Crippen LogP contribution >= 0.6 is 0 Å². The molecular formula is C15H22N2O2. The van der Waals surface area contributed by atoms with Crippen LogP contribution in [0.4, 0.5) is 5.69 Å². The van der Waals surface area contributed by atoms with E-state index in [1.165, 1.54) is 6.42 Å². The van der Waals surface area contributed by atoms with Crippen molar-refractivity contribution in [3.8, 4) is 5.75 Å². The third kappa shape index (κ3) is 3.47. The molecule has 1 aliphatic rings. The molecule has 0 spiro atoms. The van der Waals surface area contributed by atoms with Gasteiger partial charge >= 0.3 is 0 Å². The van der Waals surface area contributed by atoms with Gasteiger partial charge in [-0.15, -0.1) is 0 Å². The van der Waals surface area contributed by atoms with E-state index >= 15 is 0 Å². The summed E-state index contributed by atoms with van der Waals surface area (Å²) >= 11 is 0. The third-order valence-electron chi connectivity index (χ3n) is 4.06. The summed E-state index contributed by atoms with van der Waals surface area (Å²) < 4.78 is 0. The lowest BCUT2D eigenvalue weighted by Crippen LogP contribution is -2.36. The number of nitrogens with two attached hydrogens (primary N) is 1. The highest BCUT2D eigenvalue weighted by Gasteiger charge is 2.33. The van der Waals surface area contributed by atoms with Crippen LogP contribution in [0.25, 0.3) is 0 Å². The smallest absolute Gasteiger partial charge is 0.225 e. The molecule has 0 saturated heterocycles.